The maximum atomic E-state index is 12.4. The fourth-order valence-electron chi connectivity index (χ4n) is 3.11. The van der Waals surface area contributed by atoms with Crippen LogP contribution in [-0.4, -0.2) is 49.3 Å². The topological polar surface area (TPSA) is 63.7 Å². The van der Waals surface area contributed by atoms with Gasteiger partial charge < -0.3 is 19.7 Å². The van der Waals surface area contributed by atoms with Crippen molar-refractivity contribution in [1.82, 2.24) is 9.88 Å². The zero-order valence-corrected chi connectivity index (χ0v) is 15.1. The number of rotatable bonds is 6. The van der Waals surface area contributed by atoms with E-state index in [1.807, 2.05) is 11.0 Å². The number of ether oxygens (including phenoxy) is 2. The number of pyridine rings is 1. The fraction of sp³-hybridized carbons (Fsp3) is 0.400. The SMILES string of the molecule is COCCOc1ccc(NC(=O)N2CCC(c3ccccc3)CC2)cn1. The van der Waals surface area contributed by atoms with Crippen molar-refractivity contribution in [1.29, 1.82) is 0 Å². The zero-order valence-electron chi connectivity index (χ0n) is 15.1. The summed E-state index contributed by atoms with van der Waals surface area (Å²) >= 11 is 0. The summed E-state index contributed by atoms with van der Waals surface area (Å²) in [5, 5.41) is 2.90. The molecule has 0 saturated carbocycles. The second-order valence-corrected chi connectivity index (χ2v) is 6.33. The molecule has 1 aromatic heterocycles. The molecule has 2 amide bonds. The van der Waals surface area contributed by atoms with Gasteiger partial charge in [-0.25, -0.2) is 9.78 Å². The van der Waals surface area contributed by atoms with Crippen LogP contribution < -0.4 is 10.1 Å². The summed E-state index contributed by atoms with van der Waals surface area (Å²) in [6, 6.07) is 14.0. The van der Waals surface area contributed by atoms with Gasteiger partial charge in [-0.15, -0.1) is 0 Å². The van der Waals surface area contributed by atoms with Gasteiger partial charge in [0.05, 0.1) is 18.5 Å². The Balaban J connectivity index is 1.47. The lowest BCUT2D eigenvalue weighted by Crippen LogP contribution is -2.40. The molecule has 1 aromatic carbocycles. The third-order valence-electron chi connectivity index (χ3n) is 4.58. The van der Waals surface area contributed by atoms with Crippen molar-refractivity contribution in [3.63, 3.8) is 0 Å². The highest BCUT2D eigenvalue weighted by molar-refractivity contribution is 5.89. The Kier molecular flexibility index (Phi) is 6.44. The van der Waals surface area contributed by atoms with Crippen LogP contribution in [0, 0.1) is 0 Å². The van der Waals surface area contributed by atoms with Crippen molar-refractivity contribution in [2.45, 2.75) is 18.8 Å². The van der Waals surface area contributed by atoms with Gasteiger partial charge in [0.15, 0.2) is 0 Å². The third kappa shape index (κ3) is 4.95. The Morgan fingerprint density at radius 3 is 2.58 bits per heavy atom. The largest absolute Gasteiger partial charge is 0.475 e. The maximum absolute atomic E-state index is 12.4. The molecule has 1 aliphatic rings. The molecule has 138 valence electrons. The Morgan fingerprint density at radius 1 is 1.15 bits per heavy atom. The summed E-state index contributed by atoms with van der Waals surface area (Å²) in [7, 11) is 1.62. The summed E-state index contributed by atoms with van der Waals surface area (Å²) < 4.78 is 10.3. The lowest BCUT2D eigenvalue weighted by molar-refractivity contribution is 0.144. The van der Waals surface area contributed by atoms with Gasteiger partial charge in [-0.1, -0.05) is 30.3 Å². The van der Waals surface area contributed by atoms with Gasteiger partial charge in [0, 0.05) is 26.3 Å². The minimum atomic E-state index is -0.0774. The van der Waals surface area contributed by atoms with Gasteiger partial charge in [0.25, 0.3) is 0 Å². The van der Waals surface area contributed by atoms with Gasteiger partial charge >= 0.3 is 6.03 Å². The van der Waals surface area contributed by atoms with Crippen LogP contribution >= 0.6 is 0 Å². The van der Waals surface area contributed by atoms with Crippen molar-refractivity contribution >= 4 is 11.7 Å². The second-order valence-electron chi connectivity index (χ2n) is 6.33. The number of anilines is 1. The first-order chi connectivity index (χ1) is 12.8. The Morgan fingerprint density at radius 2 is 1.92 bits per heavy atom. The number of aromatic nitrogens is 1. The minimum Gasteiger partial charge on any atom is -0.475 e. The number of piperidine rings is 1. The molecular weight excluding hydrogens is 330 g/mol. The number of hydrogen-bond acceptors (Lipinski definition) is 4. The van der Waals surface area contributed by atoms with E-state index in [1.54, 1.807) is 25.4 Å². The second kappa shape index (κ2) is 9.20. The first kappa shape index (κ1) is 18.2. The number of nitrogens with one attached hydrogen (secondary N) is 1. The molecule has 0 atom stereocenters. The van der Waals surface area contributed by atoms with E-state index in [2.05, 4.69) is 34.6 Å². The monoisotopic (exact) mass is 355 g/mol. The molecule has 0 spiro atoms. The number of nitrogens with zero attached hydrogens (tertiary/aromatic N) is 2. The number of amides is 2. The van der Waals surface area contributed by atoms with Crippen LogP contribution in [0.4, 0.5) is 10.5 Å². The summed E-state index contributed by atoms with van der Waals surface area (Å²) in [5.41, 5.74) is 2.03. The Hall–Kier alpha value is -2.60. The standard InChI is InChI=1S/C20H25N3O3/c1-25-13-14-26-19-8-7-18(15-21-19)22-20(24)23-11-9-17(10-12-23)16-5-3-2-4-6-16/h2-8,15,17H,9-14H2,1H3,(H,22,24). The molecular formula is C20H25N3O3. The molecule has 26 heavy (non-hydrogen) atoms. The molecule has 2 heterocycles. The van der Waals surface area contributed by atoms with Gasteiger partial charge in [0.2, 0.25) is 5.88 Å². The maximum Gasteiger partial charge on any atom is 0.321 e. The normalized spacial score (nSPS) is 14.9. The molecule has 0 radical (unpaired) electrons. The van der Waals surface area contributed by atoms with Crippen molar-refractivity contribution in [3.8, 4) is 5.88 Å². The van der Waals surface area contributed by atoms with Crippen LogP contribution in [0.25, 0.3) is 0 Å². The fourth-order valence-corrected chi connectivity index (χ4v) is 3.11. The number of methoxy groups -OCH3 is 1. The van der Waals surface area contributed by atoms with Gasteiger partial charge in [0.1, 0.15) is 6.61 Å². The summed E-state index contributed by atoms with van der Waals surface area (Å²) in [6.07, 6.45) is 3.58. The van der Waals surface area contributed by atoms with E-state index >= 15 is 0 Å². The zero-order chi connectivity index (χ0) is 18.2. The van der Waals surface area contributed by atoms with Crippen molar-refractivity contribution in [3.05, 3.63) is 54.2 Å². The average Bonchev–Trinajstić information content (AvgIpc) is 2.70. The molecule has 1 fully saturated rings. The first-order valence-corrected chi connectivity index (χ1v) is 8.95. The number of hydrogen-bond donors (Lipinski definition) is 1. The lowest BCUT2D eigenvalue weighted by Gasteiger charge is -2.32. The van der Waals surface area contributed by atoms with Crippen molar-refractivity contribution < 1.29 is 14.3 Å². The van der Waals surface area contributed by atoms with Crippen LogP contribution in [0.3, 0.4) is 0 Å². The molecule has 6 nitrogen and oxygen atoms in total. The van der Waals surface area contributed by atoms with E-state index in [0.717, 1.165) is 25.9 Å². The highest BCUT2D eigenvalue weighted by Gasteiger charge is 2.23. The van der Waals surface area contributed by atoms with Crippen LogP contribution in [0.5, 0.6) is 5.88 Å². The van der Waals surface area contributed by atoms with Gasteiger partial charge in [-0.3, -0.25) is 0 Å². The number of carbonyl (C=O) groups is 1. The molecule has 1 saturated heterocycles. The summed E-state index contributed by atoms with van der Waals surface area (Å²) in [5.74, 6) is 1.05. The average molecular weight is 355 g/mol. The Labute approximate surface area is 154 Å². The number of likely N-dealkylation sites (tertiary alicyclic amines) is 1. The van der Waals surface area contributed by atoms with Crippen LogP contribution in [0.2, 0.25) is 0 Å². The molecule has 6 heteroatoms. The van der Waals surface area contributed by atoms with E-state index in [1.165, 1.54) is 5.56 Å². The van der Waals surface area contributed by atoms with Crippen LogP contribution in [0.15, 0.2) is 48.7 Å². The summed E-state index contributed by atoms with van der Waals surface area (Å²) in [6.45, 7) is 2.48. The van der Waals surface area contributed by atoms with E-state index in [9.17, 15) is 4.79 Å². The molecule has 0 bridgehead atoms. The highest BCUT2D eigenvalue weighted by atomic mass is 16.5. The first-order valence-electron chi connectivity index (χ1n) is 8.95. The predicted molar refractivity (Wildman–Crippen MR) is 101 cm³/mol. The molecule has 0 aliphatic carbocycles. The van der Waals surface area contributed by atoms with E-state index in [0.29, 0.717) is 30.7 Å². The van der Waals surface area contributed by atoms with E-state index < -0.39 is 0 Å². The van der Waals surface area contributed by atoms with Gasteiger partial charge in [-0.05, 0) is 30.4 Å². The van der Waals surface area contributed by atoms with Crippen LogP contribution in [-0.2, 0) is 4.74 Å². The molecule has 2 aromatic rings. The third-order valence-corrected chi connectivity index (χ3v) is 4.58. The van der Waals surface area contributed by atoms with E-state index in [-0.39, 0.29) is 6.03 Å². The minimum absolute atomic E-state index is 0.0774. The molecule has 0 unspecified atom stereocenters. The highest BCUT2D eigenvalue weighted by Crippen LogP contribution is 2.28. The quantitative estimate of drug-likeness (QED) is 0.806. The van der Waals surface area contributed by atoms with Crippen LogP contribution in [0.1, 0.15) is 24.3 Å². The van der Waals surface area contributed by atoms with Crippen molar-refractivity contribution in [2.75, 3.05) is 38.7 Å². The van der Waals surface area contributed by atoms with E-state index in [4.69, 9.17) is 9.47 Å². The molecule has 1 N–H and O–H groups in total. The number of carbonyl (C=O) groups excluding carboxylic acids is 1. The predicted octanol–water partition coefficient (Wildman–Crippen LogP) is 3.52. The van der Waals surface area contributed by atoms with Crippen molar-refractivity contribution in [2.24, 2.45) is 0 Å². The molecule has 1 aliphatic heterocycles. The number of benzene rings is 1. The molecule has 3 rings (SSSR count). The smallest absolute Gasteiger partial charge is 0.321 e. The Bertz CT molecular complexity index is 683. The lowest BCUT2D eigenvalue weighted by atomic mass is 9.90. The number of urea groups is 1. The van der Waals surface area contributed by atoms with Gasteiger partial charge in [-0.2, -0.15) is 0 Å². The summed E-state index contributed by atoms with van der Waals surface area (Å²) in [4.78, 5) is 18.5.